The zero-order chi connectivity index (χ0) is 25.4. The minimum Gasteiger partial charge on any atom is -0.387 e. The Bertz CT molecular complexity index is 1220. The molecule has 0 aromatic carbocycles. The molecule has 0 spiro atoms. The fourth-order valence-electron chi connectivity index (χ4n) is 2.65. The number of halogens is 1. The van der Waals surface area contributed by atoms with Crippen LogP contribution < -0.4 is 17.0 Å². The lowest BCUT2D eigenvalue weighted by molar-refractivity contribution is -0.0786. The molecule has 8 N–H and O–H groups in total. The van der Waals surface area contributed by atoms with Gasteiger partial charge in [-0.15, -0.1) is 0 Å². The van der Waals surface area contributed by atoms with E-state index in [1.54, 1.807) is 0 Å². The molecule has 0 aliphatic carbocycles. The zero-order valence-electron chi connectivity index (χ0n) is 16.0. The zero-order valence-corrected chi connectivity index (χ0v) is 19.4. The molecule has 1 aromatic heterocycles. The highest BCUT2D eigenvalue weighted by Gasteiger charge is 2.59. The highest BCUT2D eigenvalue weighted by Crippen LogP contribution is 2.66. The van der Waals surface area contributed by atoms with Crippen molar-refractivity contribution < 1.29 is 56.3 Å². The number of alkyl halides is 1. The fourth-order valence-corrected chi connectivity index (χ4v) is 6.18. The molecule has 2 rings (SSSR count). The quantitative estimate of drug-likeness (QED) is 0.0774. The third-order valence-electron chi connectivity index (χ3n) is 3.79. The first kappa shape index (κ1) is 27.8. The molecule has 1 aliphatic rings. The summed E-state index contributed by atoms with van der Waals surface area (Å²) >= 11 is 6.29. The van der Waals surface area contributed by atoms with Crippen LogP contribution in [0.5, 0.6) is 0 Å². The highest BCUT2D eigenvalue weighted by atomic mass is 35.5. The van der Waals surface area contributed by atoms with Gasteiger partial charge in [0, 0.05) is 6.04 Å². The summed E-state index contributed by atoms with van der Waals surface area (Å²) in [6.07, 6.45) is -6.44. The van der Waals surface area contributed by atoms with E-state index in [-0.39, 0.29) is 0 Å². The molecule has 186 valence electrons. The Hall–Kier alpha value is -1.41. The lowest BCUT2D eigenvalue weighted by Gasteiger charge is -2.26. The van der Waals surface area contributed by atoms with Gasteiger partial charge in [0.15, 0.2) is 11.1 Å². The van der Waals surface area contributed by atoms with Crippen LogP contribution in [0.4, 0.5) is 0 Å². The van der Waals surface area contributed by atoms with E-state index in [9.17, 15) is 38.2 Å². The van der Waals surface area contributed by atoms with Gasteiger partial charge in [-0.05, 0) is 12.8 Å². The largest absolute Gasteiger partial charge is 0.490 e. The van der Waals surface area contributed by atoms with Crippen molar-refractivity contribution in [3.63, 3.8) is 0 Å². The molecule has 1 aromatic rings. The number of nitrogens with one attached hydrogen (secondary N) is 1. The van der Waals surface area contributed by atoms with E-state index >= 15 is 0 Å². The summed E-state index contributed by atoms with van der Waals surface area (Å²) in [6.45, 7) is 0.991. The number of rotatable bonds is 8. The number of aromatic amines is 1. The number of nitrogens with zero attached hydrogens (tertiary/aromatic N) is 2. The third-order valence-corrected chi connectivity index (χ3v) is 8.22. The molecule has 0 amide bonds. The van der Waals surface area contributed by atoms with Crippen LogP contribution in [0.3, 0.4) is 0 Å². The van der Waals surface area contributed by atoms with E-state index in [2.05, 4.69) is 24.2 Å². The van der Waals surface area contributed by atoms with Gasteiger partial charge in [-0.25, -0.2) is 18.5 Å². The van der Waals surface area contributed by atoms with E-state index in [4.69, 9.17) is 31.9 Å². The van der Waals surface area contributed by atoms with E-state index in [0.717, 1.165) is 6.92 Å². The summed E-state index contributed by atoms with van der Waals surface area (Å²) < 4.78 is 51.8. The second-order valence-corrected chi connectivity index (χ2v) is 11.2. The van der Waals surface area contributed by atoms with Crippen molar-refractivity contribution in [2.45, 2.75) is 36.3 Å². The van der Waals surface area contributed by atoms with Crippen molar-refractivity contribution in [2.75, 3.05) is 0 Å². The highest BCUT2D eigenvalue weighted by molar-refractivity contribution is 7.66. The number of ether oxygens (including phenoxy) is 1. The average molecular weight is 557 g/mol. The minimum atomic E-state index is -5.80. The Morgan fingerprint density at radius 2 is 1.88 bits per heavy atom. The van der Waals surface area contributed by atoms with Gasteiger partial charge < -0.3 is 35.2 Å². The molecule has 1 aliphatic heterocycles. The number of hydrogen-bond donors (Lipinski definition) is 7. The molecule has 3 unspecified atom stereocenters. The van der Waals surface area contributed by atoms with E-state index < -0.39 is 64.1 Å². The van der Waals surface area contributed by atoms with Crippen molar-refractivity contribution in [3.8, 4) is 12.0 Å². The van der Waals surface area contributed by atoms with Crippen LogP contribution in [-0.4, -0.2) is 62.6 Å². The number of phosphoric acid groups is 3. The van der Waals surface area contributed by atoms with Crippen LogP contribution >= 0.6 is 35.1 Å². The smallest absolute Gasteiger partial charge is 0.387 e. The van der Waals surface area contributed by atoms with Crippen molar-refractivity contribution in [1.29, 1.82) is 0 Å². The molecule has 0 bridgehead atoms. The van der Waals surface area contributed by atoms with Gasteiger partial charge >= 0.3 is 29.2 Å². The summed E-state index contributed by atoms with van der Waals surface area (Å²) in [5.74, 6) is 2.19. The lowest BCUT2D eigenvalue weighted by Crippen LogP contribution is -2.46. The molecule has 2 heterocycles. The molecule has 0 radical (unpaired) electrons. The standard InChI is InChI=1S/C11H16ClN4O14P3/c1-5(28-32(23,24)30-33(25,26)29-31(20,21)22)7-8(18)11(12,2-3-13)9(27-7)16-10(19)15-6(17)4-14-16/h4-5,7-9,18H,13H2,1H3,(H,23,24)(H,25,26)(H,15,17,19)(H2,20,21,22)/t5-,7-,8+,9-,11?/m1/s1. The van der Waals surface area contributed by atoms with Crippen LogP contribution in [0.15, 0.2) is 15.8 Å². The molecule has 33 heavy (non-hydrogen) atoms. The monoisotopic (exact) mass is 556 g/mol. The van der Waals surface area contributed by atoms with E-state index in [0.29, 0.717) is 10.9 Å². The topological polar surface area (TPSA) is 283 Å². The third kappa shape index (κ3) is 6.81. The van der Waals surface area contributed by atoms with Gasteiger partial charge in [0.25, 0.3) is 5.56 Å². The van der Waals surface area contributed by atoms with Crippen LogP contribution in [-0.2, 0) is 31.6 Å². The molecule has 22 heteroatoms. The van der Waals surface area contributed by atoms with Crippen LogP contribution in [0.1, 0.15) is 13.2 Å². The molecule has 7 atom stereocenters. The van der Waals surface area contributed by atoms with Crippen molar-refractivity contribution in [3.05, 3.63) is 27.0 Å². The number of hydrogen-bond acceptors (Lipinski definition) is 12. The Labute approximate surface area is 187 Å². The second-order valence-electron chi connectivity index (χ2n) is 6.22. The average Bonchev–Trinajstić information content (AvgIpc) is 2.83. The maximum atomic E-state index is 12.1. The maximum absolute atomic E-state index is 12.1. The molecular weight excluding hydrogens is 541 g/mol. The van der Waals surface area contributed by atoms with Crippen LogP contribution in [0.2, 0.25) is 0 Å². The summed E-state index contributed by atoms with van der Waals surface area (Å²) in [6, 6.07) is 1.90. The van der Waals surface area contributed by atoms with Crippen LogP contribution in [0, 0.1) is 12.0 Å². The van der Waals surface area contributed by atoms with Gasteiger partial charge in [0.05, 0.1) is 6.10 Å². The SMILES string of the molecule is C[C@@H](OP(=O)(O)OP(=O)(O)OP(=O)(O)O)[C@H]1O[C@@H](n2ncc(=O)[nH]c2=O)C(Cl)(C#CN)[C@H]1O. The first-order valence-corrected chi connectivity index (χ1v) is 13.1. The Kier molecular flexibility index (Phi) is 8.17. The van der Waals surface area contributed by atoms with E-state index in [1.165, 1.54) is 0 Å². The predicted molar refractivity (Wildman–Crippen MR) is 104 cm³/mol. The van der Waals surface area contributed by atoms with Gasteiger partial charge in [-0.3, -0.25) is 14.3 Å². The summed E-state index contributed by atoms with van der Waals surface area (Å²) in [7, 11) is -17.0. The Morgan fingerprint density at radius 1 is 1.27 bits per heavy atom. The maximum Gasteiger partial charge on any atom is 0.490 e. The first-order valence-electron chi connectivity index (χ1n) is 8.16. The predicted octanol–water partition coefficient (Wildman–Crippen LogP) is -2.18. The molecule has 1 saturated heterocycles. The number of aliphatic hydroxyl groups excluding tert-OH is 1. The van der Waals surface area contributed by atoms with Gasteiger partial charge in [-0.2, -0.15) is 18.4 Å². The minimum absolute atomic E-state index is 0.486. The normalized spacial score (nSPS) is 30.0. The first-order chi connectivity index (χ1) is 14.9. The molecule has 0 saturated carbocycles. The fraction of sp³-hybridized carbons (Fsp3) is 0.545. The Balaban J connectivity index is 2.32. The molecule has 18 nitrogen and oxygen atoms in total. The summed E-state index contributed by atoms with van der Waals surface area (Å²) in [5.41, 5.74) is 3.14. The number of nitrogens with two attached hydrogens (primary N) is 1. The van der Waals surface area contributed by atoms with Crippen molar-refractivity contribution in [1.82, 2.24) is 14.8 Å². The summed E-state index contributed by atoms with van der Waals surface area (Å²) in [4.78, 5) is 58.9. The lowest BCUT2D eigenvalue weighted by atomic mass is 9.97. The van der Waals surface area contributed by atoms with Crippen molar-refractivity contribution in [2.24, 2.45) is 5.73 Å². The number of phosphoric ester groups is 1. The van der Waals surface area contributed by atoms with Gasteiger partial charge in [0.2, 0.25) is 0 Å². The van der Waals surface area contributed by atoms with Gasteiger partial charge in [0.1, 0.15) is 18.4 Å². The van der Waals surface area contributed by atoms with Gasteiger partial charge in [-0.1, -0.05) is 11.6 Å². The number of aliphatic hydroxyl groups is 1. The van der Waals surface area contributed by atoms with Crippen LogP contribution in [0.25, 0.3) is 0 Å². The summed E-state index contributed by atoms with van der Waals surface area (Å²) in [5, 5.41) is 14.1. The number of H-pyrrole nitrogens is 1. The molecule has 1 fully saturated rings. The van der Waals surface area contributed by atoms with Crippen molar-refractivity contribution >= 4 is 35.1 Å². The molecular formula is C11H16ClN4O14P3. The van der Waals surface area contributed by atoms with E-state index in [1.807, 2.05) is 11.0 Å². The number of aromatic nitrogens is 3. The second kappa shape index (κ2) is 9.68. The Morgan fingerprint density at radius 3 is 2.39 bits per heavy atom.